The molecule has 2 aromatic carbocycles. The number of nitrogens with zero attached hydrogens (tertiary/aromatic N) is 2. The third kappa shape index (κ3) is 4.01. The van der Waals surface area contributed by atoms with Crippen molar-refractivity contribution in [1.29, 1.82) is 0 Å². The maximum Gasteiger partial charge on any atom is 0.241 e. The van der Waals surface area contributed by atoms with Gasteiger partial charge in [0.1, 0.15) is 11.6 Å². The van der Waals surface area contributed by atoms with E-state index in [0.29, 0.717) is 17.9 Å². The van der Waals surface area contributed by atoms with E-state index in [2.05, 4.69) is 10.3 Å². The molecule has 0 aliphatic carbocycles. The minimum Gasteiger partial charge on any atom is -0.327 e. The van der Waals surface area contributed by atoms with Crippen LogP contribution in [0, 0.1) is 18.7 Å². The molecule has 0 unspecified atom stereocenters. The topological polar surface area (TPSA) is 72.9 Å². The Kier molecular flexibility index (Phi) is 5.28. The number of carbonyl (C=O) groups excluding carboxylic acids is 1. The lowest BCUT2D eigenvalue weighted by molar-refractivity contribution is -0.117. The normalized spacial score (nSPS) is 12.6. The summed E-state index contributed by atoms with van der Waals surface area (Å²) < 4.78 is 15.4. The summed E-state index contributed by atoms with van der Waals surface area (Å²) in [5.41, 5.74) is 9.97. The number of halogens is 1. The molecule has 0 spiro atoms. The fraction of sp³-hybridized carbons (Fsp3) is 0.333. The highest BCUT2D eigenvalue weighted by Crippen LogP contribution is 2.27. The quantitative estimate of drug-likeness (QED) is 0.715. The molecule has 1 atom stereocenters. The van der Waals surface area contributed by atoms with Crippen LogP contribution in [0.5, 0.6) is 0 Å². The maximum atomic E-state index is 13.5. The van der Waals surface area contributed by atoms with E-state index < -0.39 is 6.04 Å². The number of carbonyl (C=O) groups is 1. The number of aromatic nitrogens is 2. The average molecular weight is 368 g/mol. The van der Waals surface area contributed by atoms with Crippen LogP contribution in [-0.4, -0.2) is 21.5 Å². The van der Waals surface area contributed by atoms with Crippen LogP contribution in [0.1, 0.15) is 25.8 Å². The number of nitrogens with two attached hydrogens (primary N) is 1. The van der Waals surface area contributed by atoms with Gasteiger partial charge in [0.2, 0.25) is 5.91 Å². The zero-order valence-electron chi connectivity index (χ0n) is 16.1. The van der Waals surface area contributed by atoms with E-state index in [9.17, 15) is 9.18 Å². The Morgan fingerprint density at radius 1 is 1.26 bits per heavy atom. The van der Waals surface area contributed by atoms with Gasteiger partial charge in [-0.25, -0.2) is 9.37 Å². The second-order valence-electron chi connectivity index (χ2n) is 7.38. The fourth-order valence-electron chi connectivity index (χ4n) is 3.21. The summed E-state index contributed by atoms with van der Waals surface area (Å²) in [5, 5.41) is 2.90. The van der Waals surface area contributed by atoms with Crippen molar-refractivity contribution in [3.63, 3.8) is 0 Å². The number of hydrogen-bond acceptors (Lipinski definition) is 3. The number of amides is 1. The number of aryl methyl sites for hydroxylation is 2. The summed E-state index contributed by atoms with van der Waals surface area (Å²) in [6.07, 6.45) is 0.638. The fourth-order valence-corrected chi connectivity index (χ4v) is 3.21. The number of benzene rings is 2. The van der Waals surface area contributed by atoms with Crippen molar-refractivity contribution in [1.82, 2.24) is 9.55 Å². The maximum absolute atomic E-state index is 13.5. The lowest BCUT2D eigenvalue weighted by Crippen LogP contribution is -2.36. The van der Waals surface area contributed by atoms with Crippen molar-refractivity contribution in [3.05, 3.63) is 47.8 Å². The van der Waals surface area contributed by atoms with Crippen molar-refractivity contribution < 1.29 is 9.18 Å². The van der Waals surface area contributed by atoms with Gasteiger partial charge in [0, 0.05) is 24.4 Å². The van der Waals surface area contributed by atoms with Gasteiger partial charge in [-0.3, -0.25) is 4.79 Å². The van der Waals surface area contributed by atoms with Gasteiger partial charge >= 0.3 is 0 Å². The van der Waals surface area contributed by atoms with Crippen LogP contribution < -0.4 is 11.1 Å². The highest BCUT2D eigenvalue weighted by molar-refractivity contribution is 5.95. The lowest BCUT2D eigenvalue weighted by atomic mass is 10.0. The van der Waals surface area contributed by atoms with E-state index >= 15 is 0 Å². The van der Waals surface area contributed by atoms with Crippen molar-refractivity contribution in [2.45, 2.75) is 33.2 Å². The number of imidazole rings is 1. The molecule has 1 amide bonds. The van der Waals surface area contributed by atoms with Crippen LogP contribution in [0.4, 0.5) is 10.1 Å². The Labute approximate surface area is 158 Å². The second-order valence-corrected chi connectivity index (χ2v) is 7.38. The van der Waals surface area contributed by atoms with Gasteiger partial charge in [-0.05, 0) is 55.2 Å². The zero-order chi connectivity index (χ0) is 19.7. The smallest absolute Gasteiger partial charge is 0.241 e. The number of rotatable bonds is 5. The number of anilines is 1. The third-order valence-electron chi connectivity index (χ3n) is 4.65. The van der Waals surface area contributed by atoms with Crippen LogP contribution in [0.25, 0.3) is 22.4 Å². The third-order valence-corrected chi connectivity index (χ3v) is 4.65. The van der Waals surface area contributed by atoms with Crippen LogP contribution in [0.3, 0.4) is 0 Å². The summed E-state index contributed by atoms with van der Waals surface area (Å²) in [7, 11) is 1.90. The van der Waals surface area contributed by atoms with Gasteiger partial charge in [-0.15, -0.1) is 0 Å². The minimum atomic E-state index is -0.529. The van der Waals surface area contributed by atoms with E-state index in [-0.39, 0.29) is 11.7 Å². The highest BCUT2D eigenvalue weighted by Gasteiger charge is 2.17. The van der Waals surface area contributed by atoms with Gasteiger partial charge in [-0.1, -0.05) is 13.8 Å². The second kappa shape index (κ2) is 7.48. The van der Waals surface area contributed by atoms with Gasteiger partial charge < -0.3 is 15.6 Å². The summed E-state index contributed by atoms with van der Waals surface area (Å²) in [6.45, 7) is 6.00. The molecule has 5 nitrogen and oxygen atoms in total. The monoisotopic (exact) mass is 368 g/mol. The van der Waals surface area contributed by atoms with E-state index in [1.165, 1.54) is 12.1 Å². The van der Waals surface area contributed by atoms with E-state index in [0.717, 1.165) is 28.2 Å². The molecule has 0 aliphatic heterocycles. The van der Waals surface area contributed by atoms with Crippen molar-refractivity contribution in [2.75, 3.05) is 5.32 Å². The highest BCUT2D eigenvalue weighted by atomic mass is 19.1. The van der Waals surface area contributed by atoms with E-state index in [4.69, 9.17) is 5.73 Å². The number of fused-ring (bicyclic) bond motifs is 1. The molecule has 3 rings (SSSR count). The van der Waals surface area contributed by atoms with Gasteiger partial charge in [-0.2, -0.15) is 0 Å². The predicted octanol–water partition coefficient (Wildman–Crippen LogP) is 4.00. The van der Waals surface area contributed by atoms with Gasteiger partial charge in [0.15, 0.2) is 0 Å². The molecular weight excluding hydrogens is 343 g/mol. The summed E-state index contributed by atoms with van der Waals surface area (Å²) in [5.74, 6) is 0.613. The first-order valence-corrected chi connectivity index (χ1v) is 9.05. The molecule has 0 saturated carbocycles. The molecule has 1 heterocycles. The minimum absolute atomic E-state index is 0.183. The first-order valence-electron chi connectivity index (χ1n) is 9.05. The van der Waals surface area contributed by atoms with E-state index in [1.807, 2.05) is 50.6 Å². The molecule has 0 bridgehead atoms. The molecule has 3 N–H and O–H groups in total. The number of hydrogen-bond donors (Lipinski definition) is 2. The van der Waals surface area contributed by atoms with Crippen molar-refractivity contribution in [2.24, 2.45) is 18.7 Å². The average Bonchev–Trinajstić information content (AvgIpc) is 2.92. The van der Waals surface area contributed by atoms with Gasteiger partial charge in [0.05, 0.1) is 17.1 Å². The molecular formula is C21H25FN4O. The van der Waals surface area contributed by atoms with E-state index in [1.54, 1.807) is 6.07 Å². The van der Waals surface area contributed by atoms with Crippen LogP contribution >= 0.6 is 0 Å². The Morgan fingerprint density at radius 2 is 2.00 bits per heavy atom. The summed E-state index contributed by atoms with van der Waals surface area (Å²) in [6, 6.07) is 9.76. The Hall–Kier alpha value is -2.73. The van der Waals surface area contributed by atoms with Gasteiger partial charge in [0.25, 0.3) is 0 Å². The zero-order valence-corrected chi connectivity index (χ0v) is 16.1. The standard InChI is InChI=1S/C21H25FN4O/c1-12(2)9-16(23)21(27)25-17-7-5-14(10-13(17)3)20-24-18-11-15(22)6-8-19(18)26(20)4/h5-8,10-12,16H,9,23H2,1-4H3,(H,25,27)/t16-/m0/s1. The summed E-state index contributed by atoms with van der Waals surface area (Å²) in [4.78, 5) is 16.8. The number of nitrogens with one attached hydrogen (secondary N) is 1. The van der Waals surface area contributed by atoms with Crippen molar-refractivity contribution >= 4 is 22.6 Å². The first-order chi connectivity index (χ1) is 12.8. The van der Waals surface area contributed by atoms with Crippen LogP contribution in [-0.2, 0) is 11.8 Å². The lowest BCUT2D eigenvalue weighted by Gasteiger charge is -2.16. The Bertz CT molecular complexity index is 993. The molecule has 27 heavy (non-hydrogen) atoms. The summed E-state index contributed by atoms with van der Waals surface area (Å²) >= 11 is 0. The van der Waals surface area contributed by atoms with Crippen LogP contribution in [0.2, 0.25) is 0 Å². The SMILES string of the molecule is Cc1cc(-c2nc3cc(F)ccc3n2C)ccc1NC(=O)[C@@H](N)CC(C)C. The molecule has 0 radical (unpaired) electrons. The van der Waals surface area contributed by atoms with Crippen LogP contribution in [0.15, 0.2) is 36.4 Å². The molecule has 0 fully saturated rings. The molecule has 3 aromatic rings. The molecule has 0 aliphatic rings. The van der Waals surface area contributed by atoms with Crippen molar-refractivity contribution in [3.8, 4) is 11.4 Å². The first kappa shape index (κ1) is 19.0. The molecule has 142 valence electrons. The molecule has 0 saturated heterocycles. The Morgan fingerprint density at radius 3 is 2.67 bits per heavy atom. The predicted molar refractivity (Wildman–Crippen MR) is 107 cm³/mol. The largest absolute Gasteiger partial charge is 0.327 e. The Balaban J connectivity index is 1.87. The molecule has 1 aromatic heterocycles. The molecule has 6 heteroatoms.